The Bertz CT molecular complexity index is 375. The second-order valence-electron chi connectivity index (χ2n) is 2.57. The van der Waals surface area contributed by atoms with Crippen molar-refractivity contribution in [3.05, 3.63) is 11.1 Å². The van der Waals surface area contributed by atoms with E-state index in [4.69, 9.17) is 10.5 Å². The number of nitrogens with two attached hydrogens (primary N) is 1. The molecule has 0 bridgehead atoms. The fourth-order valence-corrected chi connectivity index (χ4v) is 1.42. The second-order valence-corrected chi connectivity index (χ2v) is 3.46. The average Bonchev–Trinajstić information content (AvgIpc) is 2.59. The summed E-state index contributed by atoms with van der Waals surface area (Å²) in [6.45, 7) is 1.34. The number of hydrogen-bond donors (Lipinski definition) is 1. The molecule has 1 heterocycles. The number of rotatable bonds is 4. The molecule has 0 spiro atoms. The number of aromatic nitrogens is 1. The Morgan fingerprint density at radius 2 is 2.47 bits per heavy atom. The zero-order valence-corrected chi connectivity index (χ0v) is 9.21. The summed E-state index contributed by atoms with van der Waals surface area (Å²) in [6.07, 6.45) is 0. The molecule has 82 valence electrons. The van der Waals surface area contributed by atoms with E-state index in [0.717, 1.165) is 0 Å². The Hall–Kier alpha value is -1.63. The number of carbonyl (C=O) groups excluding carboxylic acids is 1. The molecule has 1 rings (SSSR count). The number of anilines is 1. The van der Waals surface area contributed by atoms with Gasteiger partial charge in [0, 0.05) is 12.3 Å². The number of esters is 1. The van der Waals surface area contributed by atoms with Crippen molar-refractivity contribution >= 4 is 28.1 Å². The minimum Gasteiger partial charge on any atom is -0.459 e. The van der Waals surface area contributed by atoms with E-state index in [0.29, 0.717) is 16.5 Å². The normalized spacial score (nSPS) is 11.2. The quantitative estimate of drug-likeness (QED) is 0.465. The zero-order chi connectivity index (χ0) is 11.3. The third kappa shape index (κ3) is 3.55. The molecule has 0 aliphatic rings. The van der Waals surface area contributed by atoms with Crippen molar-refractivity contribution in [2.75, 3.05) is 19.5 Å². The van der Waals surface area contributed by atoms with Crippen molar-refractivity contribution in [3.8, 4) is 0 Å². The molecule has 0 atom stereocenters. The van der Waals surface area contributed by atoms with E-state index < -0.39 is 0 Å². The number of ether oxygens (including phenoxy) is 1. The molecule has 0 aliphatic heterocycles. The summed E-state index contributed by atoms with van der Waals surface area (Å²) < 4.78 is 4.79. The zero-order valence-electron chi connectivity index (χ0n) is 8.39. The van der Waals surface area contributed by atoms with Gasteiger partial charge in [-0.05, 0) is 0 Å². The summed E-state index contributed by atoms with van der Waals surface area (Å²) in [5.74, 6) is -0.387. The van der Waals surface area contributed by atoms with Crippen LogP contribution in [-0.2, 0) is 14.4 Å². The van der Waals surface area contributed by atoms with Crippen molar-refractivity contribution in [1.82, 2.24) is 4.98 Å². The van der Waals surface area contributed by atoms with Crippen molar-refractivity contribution in [2.45, 2.75) is 6.92 Å². The summed E-state index contributed by atoms with van der Waals surface area (Å²) in [7, 11) is 1.41. The fraction of sp³-hybridized carbons (Fsp3) is 0.375. The first-order chi connectivity index (χ1) is 7.13. The van der Waals surface area contributed by atoms with E-state index in [1.54, 1.807) is 5.38 Å². The SMILES string of the molecule is CO/N=C(\COC(C)=O)c1csc(N)n1. The Labute approximate surface area is 90.7 Å². The van der Waals surface area contributed by atoms with Crippen molar-refractivity contribution in [1.29, 1.82) is 0 Å². The molecule has 0 aromatic carbocycles. The van der Waals surface area contributed by atoms with Gasteiger partial charge in [0.2, 0.25) is 0 Å². The maximum absolute atomic E-state index is 10.6. The summed E-state index contributed by atoms with van der Waals surface area (Å²) in [6, 6.07) is 0. The van der Waals surface area contributed by atoms with Crippen LogP contribution in [0.25, 0.3) is 0 Å². The maximum Gasteiger partial charge on any atom is 0.303 e. The van der Waals surface area contributed by atoms with Crippen LogP contribution in [0.15, 0.2) is 10.5 Å². The molecule has 0 amide bonds. The molecule has 1 aromatic rings. The van der Waals surface area contributed by atoms with Crippen LogP contribution in [0.4, 0.5) is 5.13 Å². The monoisotopic (exact) mass is 229 g/mol. The van der Waals surface area contributed by atoms with Gasteiger partial charge in [0.25, 0.3) is 0 Å². The average molecular weight is 229 g/mol. The first-order valence-electron chi connectivity index (χ1n) is 4.08. The van der Waals surface area contributed by atoms with E-state index in [9.17, 15) is 4.79 Å². The van der Waals surface area contributed by atoms with Crippen LogP contribution >= 0.6 is 11.3 Å². The lowest BCUT2D eigenvalue weighted by atomic mass is 10.3. The van der Waals surface area contributed by atoms with Crippen LogP contribution in [0.2, 0.25) is 0 Å². The van der Waals surface area contributed by atoms with E-state index >= 15 is 0 Å². The van der Waals surface area contributed by atoms with Gasteiger partial charge in [-0.25, -0.2) is 4.98 Å². The lowest BCUT2D eigenvalue weighted by Crippen LogP contribution is -2.14. The molecular formula is C8H11N3O3S. The van der Waals surface area contributed by atoms with Crippen LogP contribution in [0.5, 0.6) is 0 Å². The number of hydrogen-bond acceptors (Lipinski definition) is 7. The molecule has 15 heavy (non-hydrogen) atoms. The van der Waals surface area contributed by atoms with Crippen LogP contribution in [0.3, 0.4) is 0 Å². The van der Waals surface area contributed by atoms with Crippen LogP contribution < -0.4 is 5.73 Å². The fourth-order valence-electron chi connectivity index (χ4n) is 0.847. The lowest BCUT2D eigenvalue weighted by molar-refractivity contribution is -0.139. The smallest absolute Gasteiger partial charge is 0.303 e. The van der Waals surface area contributed by atoms with Gasteiger partial charge in [-0.1, -0.05) is 5.16 Å². The summed E-state index contributed by atoms with van der Waals surface area (Å²) in [4.78, 5) is 19.3. The Morgan fingerprint density at radius 3 is 2.93 bits per heavy atom. The van der Waals surface area contributed by atoms with Crippen LogP contribution in [0, 0.1) is 0 Å². The Kier molecular flexibility index (Phi) is 4.04. The number of nitrogen functional groups attached to an aromatic ring is 1. The molecule has 0 saturated heterocycles. The van der Waals surface area contributed by atoms with Gasteiger partial charge < -0.3 is 15.3 Å². The number of carbonyl (C=O) groups is 1. The Balaban J connectivity index is 2.75. The largest absolute Gasteiger partial charge is 0.459 e. The standard InChI is InChI=1S/C8H11N3O3S/c1-5(12)14-3-6(11-13-2)7-4-15-8(9)10-7/h4H,3H2,1-2H3,(H2,9,10)/b11-6+. The third-order valence-electron chi connectivity index (χ3n) is 1.43. The Morgan fingerprint density at radius 1 is 1.73 bits per heavy atom. The number of oxime groups is 1. The predicted octanol–water partition coefficient (Wildman–Crippen LogP) is 0.639. The molecule has 0 unspecified atom stereocenters. The highest BCUT2D eigenvalue weighted by atomic mass is 32.1. The van der Waals surface area contributed by atoms with E-state index in [-0.39, 0.29) is 12.6 Å². The summed E-state index contributed by atoms with van der Waals surface area (Å²) in [5.41, 5.74) is 6.46. The molecule has 1 aromatic heterocycles. The first kappa shape index (κ1) is 11.4. The van der Waals surface area contributed by atoms with Gasteiger partial charge in [-0.15, -0.1) is 11.3 Å². The van der Waals surface area contributed by atoms with Crippen molar-refractivity contribution in [3.63, 3.8) is 0 Å². The number of nitrogens with zero attached hydrogens (tertiary/aromatic N) is 2. The van der Waals surface area contributed by atoms with Crippen LogP contribution in [-0.4, -0.2) is 30.4 Å². The topological polar surface area (TPSA) is 86.8 Å². The van der Waals surface area contributed by atoms with Gasteiger partial charge in [0.1, 0.15) is 25.1 Å². The van der Waals surface area contributed by atoms with Gasteiger partial charge in [0.05, 0.1) is 0 Å². The van der Waals surface area contributed by atoms with E-state index in [2.05, 4.69) is 15.0 Å². The van der Waals surface area contributed by atoms with Gasteiger partial charge >= 0.3 is 5.97 Å². The predicted molar refractivity (Wildman–Crippen MR) is 56.7 cm³/mol. The summed E-state index contributed by atoms with van der Waals surface area (Å²) >= 11 is 1.28. The molecule has 6 nitrogen and oxygen atoms in total. The summed E-state index contributed by atoms with van der Waals surface area (Å²) in [5, 5.41) is 5.85. The molecule has 2 N–H and O–H groups in total. The van der Waals surface area contributed by atoms with Crippen molar-refractivity contribution < 1.29 is 14.4 Å². The maximum atomic E-state index is 10.6. The van der Waals surface area contributed by atoms with E-state index in [1.165, 1.54) is 25.4 Å². The number of thiazole rings is 1. The van der Waals surface area contributed by atoms with Crippen LogP contribution in [0.1, 0.15) is 12.6 Å². The van der Waals surface area contributed by atoms with Crippen molar-refractivity contribution in [2.24, 2.45) is 5.16 Å². The second kappa shape index (κ2) is 5.30. The van der Waals surface area contributed by atoms with Gasteiger partial charge in [-0.3, -0.25) is 4.79 Å². The minimum atomic E-state index is -0.387. The third-order valence-corrected chi connectivity index (χ3v) is 2.11. The highest BCUT2D eigenvalue weighted by Gasteiger charge is 2.10. The molecule has 7 heteroatoms. The van der Waals surface area contributed by atoms with Gasteiger partial charge in [-0.2, -0.15) is 0 Å². The molecule has 0 saturated carbocycles. The molecule has 0 aliphatic carbocycles. The lowest BCUT2D eigenvalue weighted by Gasteiger charge is -2.02. The highest BCUT2D eigenvalue weighted by Crippen LogP contribution is 2.12. The highest BCUT2D eigenvalue weighted by molar-refractivity contribution is 7.13. The molecule has 0 fully saturated rings. The van der Waals surface area contributed by atoms with Gasteiger partial charge in [0.15, 0.2) is 5.13 Å². The molecular weight excluding hydrogens is 218 g/mol. The molecule has 0 radical (unpaired) electrons. The first-order valence-corrected chi connectivity index (χ1v) is 4.96. The van der Waals surface area contributed by atoms with E-state index in [1.807, 2.05) is 0 Å². The minimum absolute atomic E-state index is 0.0202.